The smallest absolute Gasteiger partial charge is 0.187 e. The van der Waals surface area contributed by atoms with E-state index in [-0.39, 0.29) is 16.4 Å². The molecule has 2 aromatic rings. The average Bonchev–Trinajstić information content (AvgIpc) is 2.96. The van der Waals surface area contributed by atoms with Crippen LogP contribution in [0.3, 0.4) is 0 Å². The minimum Gasteiger partial charge on any atom is -0.495 e. The van der Waals surface area contributed by atoms with Gasteiger partial charge in [-0.3, -0.25) is 4.98 Å². The van der Waals surface area contributed by atoms with E-state index in [0.29, 0.717) is 6.54 Å². The summed E-state index contributed by atoms with van der Waals surface area (Å²) in [5, 5.41) is 2.04. The fourth-order valence-electron chi connectivity index (χ4n) is 3.23. The Morgan fingerprint density at radius 1 is 1.19 bits per heavy atom. The predicted octanol–water partition coefficient (Wildman–Crippen LogP) is 1.13. The number of ether oxygens (including phenoxy) is 1. The Morgan fingerprint density at radius 2 is 1.89 bits per heavy atom. The second kappa shape index (κ2) is 7.57. The first kappa shape index (κ1) is 19.8. The number of hydrogen-bond donors (Lipinski definition) is 1. The van der Waals surface area contributed by atoms with Crippen molar-refractivity contribution in [1.82, 2.24) is 10.3 Å². The van der Waals surface area contributed by atoms with Crippen molar-refractivity contribution in [3.63, 3.8) is 0 Å². The molecule has 9 heteroatoms. The first-order chi connectivity index (χ1) is 12.7. The molecule has 1 aromatic heterocycles. The van der Waals surface area contributed by atoms with Gasteiger partial charge in [0.05, 0.1) is 23.9 Å². The third-order valence-corrected chi connectivity index (χ3v) is 8.81. The maximum Gasteiger partial charge on any atom is 0.187 e. The van der Waals surface area contributed by atoms with Crippen LogP contribution in [0.5, 0.6) is 5.75 Å². The Balaban J connectivity index is 1.93. The van der Waals surface area contributed by atoms with E-state index in [2.05, 4.69) is 10.3 Å². The van der Waals surface area contributed by atoms with Gasteiger partial charge in [-0.15, -0.1) is 0 Å². The summed E-state index contributed by atoms with van der Waals surface area (Å²) in [6.45, 7) is 2.14. The molecule has 1 saturated heterocycles. The summed E-state index contributed by atoms with van der Waals surface area (Å²) in [5.41, 5.74) is 1.66. The van der Waals surface area contributed by atoms with Crippen molar-refractivity contribution in [2.45, 2.75) is 29.7 Å². The first-order valence-corrected chi connectivity index (χ1v) is 11.8. The quantitative estimate of drug-likeness (QED) is 0.761. The molecule has 3 rings (SSSR count). The lowest BCUT2D eigenvalue weighted by Gasteiger charge is -2.21. The Bertz CT molecular complexity index is 1020. The molecule has 1 N–H and O–H groups in total. The van der Waals surface area contributed by atoms with Crippen LogP contribution < -0.4 is 10.1 Å². The van der Waals surface area contributed by atoms with Gasteiger partial charge < -0.3 is 10.1 Å². The molecule has 1 aliphatic heterocycles. The zero-order valence-corrected chi connectivity index (χ0v) is 16.8. The molecule has 2 atom stereocenters. The zero-order chi connectivity index (χ0) is 19.7. The molecule has 146 valence electrons. The second-order valence-corrected chi connectivity index (χ2v) is 10.9. The van der Waals surface area contributed by atoms with E-state index >= 15 is 0 Å². The minimum atomic E-state index is -3.91. The van der Waals surface area contributed by atoms with Gasteiger partial charge in [-0.25, -0.2) is 16.8 Å². The highest BCUT2D eigenvalue weighted by Gasteiger charge is 2.46. The number of aryl methyl sites for hydroxylation is 1. The summed E-state index contributed by atoms with van der Waals surface area (Å²) in [7, 11) is -5.98. The van der Waals surface area contributed by atoms with Gasteiger partial charge in [-0.1, -0.05) is 6.07 Å². The van der Waals surface area contributed by atoms with E-state index in [0.717, 1.165) is 11.1 Å². The molecule has 2 heterocycles. The molecule has 0 saturated carbocycles. The number of hydrogen-bond acceptors (Lipinski definition) is 7. The van der Waals surface area contributed by atoms with E-state index in [1.807, 2.05) is 0 Å². The number of aromatic nitrogens is 1. The normalized spacial score (nSPS) is 21.9. The highest BCUT2D eigenvalue weighted by atomic mass is 32.2. The number of nitrogens with zero attached hydrogens (tertiary/aromatic N) is 1. The van der Waals surface area contributed by atoms with Crippen LogP contribution in [0.2, 0.25) is 0 Å². The van der Waals surface area contributed by atoms with Gasteiger partial charge in [0.25, 0.3) is 0 Å². The van der Waals surface area contributed by atoms with Gasteiger partial charge in [-0.05, 0) is 42.3 Å². The van der Waals surface area contributed by atoms with Crippen LogP contribution in [0, 0.1) is 6.92 Å². The van der Waals surface area contributed by atoms with Crippen molar-refractivity contribution in [3.05, 3.63) is 53.9 Å². The maximum atomic E-state index is 13.3. The molecule has 0 unspecified atom stereocenters. The van der Waals surface area contributed by atoms with Crippen LogP contribution in [-0.2, 0) is 26.2 Å². The van der Waals surface area contributed by atoms with Crippen LogP contribution in [-0.4, -0.2) is 51.7 Å². The summed E-state index contributed by atoms with van der Waals surface area (Å²) in [6, 6.07) is 7.76. The summed E-state index contributed by atoms with van der Waals surface area (Å²) in [6.07, 6.45) is 3.27. The fourth-order valence-corrected chi connectivity index (χ4v) is 8.19. The third kappa shape index (κ3) is 4.31. The summed E-state index contributed by atoms with van der Waals surface area (Å²) in [4.78, 5) is 3.97. The van der Waals surface area contributed by atoms with Crippen molar-refractivity contribution < 1.29 is 21.6 Å². The fraction of sp³-hybridized carbons (Fsp3) is 0.389. The van der Waals surface area contributed by atoms with Crippen molar-refractivity contribution in [1.29, 1.82) is 0 Å². The van der Waals surface area contributed by atoms with E-state index in [1.54, 1.807) is 43.6 Å². The molecule has 1 aromatic carbocycles. The number of benzene rings is 1. The molecule has 1 aliphatic rings. The molecule has 1 fully saturated rings. The van der Waals surface area contributed by atoms with E-state index < -0.39 is 36.7 Å². The number of rotatable bonds is 6. The van der Waals surface area contributed by atoms with Crippen molar-refractivity contribution >= 4 is 19.7 Å². The molecule has 0 spiro atoms. The number of pyridine rings is 1. The Hall–Kier alpha value is -1.97. The van der Waals surface area contributed by atoms with Crippen LogP contribution in [0.15, 0.2) is 47.6 Å². The Morgan fingerprint density at radius 3 is 2.56 bits per heavy atom. The van der Waals surface area contributed by atoms with E-state index in [9.17, 15) is 16.8 Å². The number of methoxy groups -OCH3 is 1. The van der Waals surface area contributed by atoms with E-state index in [4.69, 9.17) is 4.74 Å². The molecule has 0 radical (unpaired) electrons. The average molecular weight is 411 g/mol. The van der Waals surface area contributed by atoms with Gasteiger partial charge >= 0.3 is 0 Å². The number of nitrogens with one attached hydrogen (secondary N) is 1. The SMILES string of the molecule is COc1ccc(C)cc1S(=O)(=O)[C@H]1CS(=O)(=O)C[C@@H]1NCc1ccncc1. The van der Waals surface area contributed by atoms with Crippen LogP contribution in [0.25, 0.3) is 0 Å². The Labute approximate surface area is 159 Å². The topological polar surface area (TPSA) is 102 Å². The lowest BCUT2D eigenvalue weighted by Crippen LogP contribution is -2.43. The van der Waals surface area contributed by atoms with Gasteiger partial charge in [0.15, 0.2) is 19.7 Å². The summed E-state index contributed by atoms with van der Waals surface area (Å²) < 4.78 is 56.2. The monoisotopic (exact) mass is 410 g/mol. The zero-order valence-electron chi connectivity index (χ0n) is 15.1. The maximum absolute atomic E-state index is 13.3. The Kier molecular flexibility index (Phi) is 5.55. The molecule has 0 amide bonds. The highest BCUT2D eigenvalue weighted by Crippen LogP contribution is 2.32. The molecule has 0 aliphatic carbocycles. The van der Waals surface area contributed by atoms with Crippen molar-refractivity contribution in [3.8, 4) is 5.75 Å². The summed E-state index contributed by atoms with van der Waals surface area (Å²) >= 11 is 0. The van der Waals surface area contributed by atoms with Gasteiger partial charge in [0.2, 0.25) is 0 Å². The molecule has 27 heavy (non-hydrogen) atoms. The van der Waals surface area contributed by atoms with Crippen molar-refractivity contribution in [2.24, 2.45) is 0 Å². The summed E-state index contributed by atoms with van der Waals surface area (Å²) in [5.74, 6) is -0.394. The predicted molar refractivity (Wildman–Crippen MR) is 102 cm³/mol. The third-order valence-electron chi connectivity index (χ3n) is 4.64. The van der Waals surface area contributed by atoms with Gasteiger partial charge in [0, 0.05) is 25.0 Å². The largest absolute Gasteiger partial charge is 0.495 e. The van der Waals surface area contributed by atoms with Crippen LogP contribution >= 0.6 is 0 Å². The van der Waals surface area contributed by atoms with Crippen molar-refractivity contribution in [2.75, 3.05) is 18.6 Å². The van der Waals surface area contributed by atoms with E-state index in [1.165, 1.54) is 13.2 Å². The van der Waals surface area contributed by atoms with Gasteiger partial charge in [-0.2, -0.15) is 0 Å². The van der Waals surface area contributed by atoms with Gasteiger partial charge in [0.1, 0.15) is 10.6 Å². The minimum absolute atomic E-state index is 0.0304. The molecule has 7 nitrogen and oxygen atoms in total. The standard InChI is InChI=1S/C18H22N2O5S2/c1-13-3-4-16(25-2)17(9-13)27(23,24)18-12-26(21,22)11-15(18)20-10-14-5-7-19-8-6-14/h3-9,15,18,20H,10-12H2,1-2H3/t15-,18-/m0/s1. The first-order valence-electron chi connectivity index (χ1n) is 8.44. The lowest BCUT2D eigenvalue weighted by molar-refractivity contribution is 0.402. The number of sulfone groups is 2. The van der Waals surface area contributed by atoms with Crippen LogP contribution in [0.1, 0.15) is 11.1 Å². The highest BCUT2D eigenvalue weighted by molar-refractivity contribution is 7.96. The second-order valence-electron chi connectivity index (χ2n) is 6.66. The van der Waals surface area contributed by atoms with Crippen LogP contribution in [0.4, 0.5) is 0 Å². The lowest BCUT2D eigenvalue weighted by atomic mass is 10.2. The molecule has 0 bridgehead atoms. The molecular weight excluding hydrogens is 388 g/mol. The molecular formula is C18H22N2O5S2.